The molecule has 0 unspecified atom stereocenters. The maximum atomic E-state index is 13.1. The van der Waals surface area contributed by atoms with Gasteiger partial charge < -0.3 is 5.11 Å². The van der Waals surface area contributed by atoms with Crippen molar-refractivity contribution in [2.75, 3.05) is 0 Å². The number of nitrogens with zero attached hydrogens (tertiary/aromatic N) is 3. The number of aromatic nitrogens is 3. The molecule has 0 radical (unpaired) electrons. The van der Waals surface area contributed by atoms with Crippen LogP contribution in [-0.2, 0) is 0 Å². The van der Waals surface area contributed by atoms with E-state index in [1.807, 2.05) is 0 Å². The van der Waals surface area contributed by atoms with Gasteiger partial charge in [0.2, 0.25) is 4.73 Å². The summed E-state index contributed by atoms with van der Waals surface area (Å²) in [7, 11) is 0. The summed E-state index contributed by atoms with van der Waals surface area (Å²) in [5.74, 6) is -2.17. The van der Waals surface area contributed by atoms with Crippen LogP contribution in [-0.4, -0.2) is 25.7 Å². The molecule has 14 heavy (non-hydrogen) atoms. The minimum absolute atomic E-state index is 0.274. The van der Waals surface area contributed by atoms with Gasteiger partial charge in [-0.1, -0.05) is 0 Å². The number of carboxylic acids is 1. The Morgan fingerprint density at radius 2 is 2.36 bits per heavy atom. The van der Waals surface area contributed by atoms with Crippen molar-refractivity contribution in [3.8, 4) is 0 Å². The number of aromatic carboxylic acids is 1. The van der Waals surface area contributed by atoms with Gasteiger partial charge in [0, 0.05) is 6.07 Å². The first-order chi connectivity index (χ1) is 6.58. The Morgan fingerprint density at radius 1 is 1.64 bits per heavy atom. The van der Waals surface area contributed by atoms with Gasteiger partial charge in [0.05, 0.1) is 6.20 Å². The molecule has 0 saturated carbocycles. The lowest BCUT2D eigenvalue weighted by molar-refractivity contribution is 0.0692. The number of fused-ring (bicyclic) bond motifs is 1. The fourth-order valence-corrected chi connectivity index (χ4v) is 1.39. The summed E-state index contributed by atoms with van der Waals surface area (Å²) >= 11 is 3.00. The highest BCUT2D eigenvalue weighted by Crippen LogP contribution is 2.12. The lowest BCUT2D eigenvalue weighted by atomic mass is 10.2. The van der Waals surface area contributed by atoms with Crippen molar-refractivity contribution >= 4 is 27.5 Å². The fraction of sp³-hybridized carbons (Fsp3) is 0. The van der Waals surface area contributed by atoms with Crippen molar-refractivity contribution in [2.45, 2.75) is 0 Å². The van der Waals surface area contributed by atoms with Crippen molar-refractivity contribution < 1.29 is 14.3 Å². The van der Waals surface area contributed by atoms with E-state index in [-0.39, 0.29) is 10.4 Å². The SMILES string of the molecule is O=C(O)c1cc2nc(Br)nn2cc1F. The van der Waals surface area contributed by atoms with Gasteiger partial charge in [0.1, 0.15) is 5.56 Å². The standard InChI is InChI=1S/C7H3BrFN3O2/c8-7-10-5-1-3(6(13)14)4(9)2-12(5)11-7/h1-2H,(H,13,14). The van der Waals surface area contributed by atoms with Crippen molar-refractivity contribution in [1.82, 2.24) is 14.6 Å². The Bertz CT molecular complexity index is 525. The number of pyridine rings is 1. The van der Waals surface area contributed by atoms with Gasteiger partial charge in [-0.05, 0) is 15.9 Å². The lowest BCUT2D eigenvalue weighted by Gasteiger charge is -1.96. The molecular weight excluding hydrogens is 257 g/mol. The van der Waals surface area contributed by atoms with Gasteiger partial charge in [-0.15, -0.1) is 5.10 Å². The second-order valence-electron chi connectivity index (χ2n) is 2.52. The zero-order valence-electron chi connectivity index (χ0n) is 6.61. The third kappa shape index (κ3) is 1.35. The average molecular weight is 260 g/mol. The van der Waals surface area contributed by atoms with E-state index in [4.69, 9.17) is 5.11 Å². The summed E-state index contributed by atoms with van der Waals surface area (Å²) in [5, 5.41) is 12.4. The van der Waals surface area contributed by atoms with Gasteiger partial charge >= 0.3 is 5.97 Å². The van der Waals surface area contributed by atoms with E-state index in [1.54, 1.807) is 0 Å². The number of carbonyl (C=O) groups is 1. The van der Waals surface area contributed by atoms with Crippen LogP contribution in [0.25, 0.3) is 5.65 Å². The number of rotatable bonds is 1. The molecule has 0 aromatic carbocycles. The summed E-state index contributed by atoms with van der Waals surface area (Å²) in [4.78, 5) is 14.4. The second-order valence-corrected chi connectivity index (χ2v) is 3.23. The van der Waals surface area contributed by atoms with Crippen molar-refractivity contribution in [1.29, 1.82) is 0 Å². The normalized spacial score (nSPS) is 10.7. The molecule has 5 nitrogen and oxygen atoms in total. The maximum absolute atomic E-state index is 13.1. The van der Waals surface area contributed by atoms with Crippen LogP contribution in [0.3, 0.4) is 0 Å². The highest BCUT2D eigenvalue weighted by Gasteiger charge is 2.13. The van der Waals surface area contributed by atoms with Crippen LogP contribution >= 0.6 is 15.9 Å². The molecule has 2 aromatic heterocycles. The molecular formula is C7H3BrFN3O2. The molecule has 0 saturated heterocycles. The topological polar surface area (TPSA) is 67.5 Å². The zero-order valence-corrected chi connectivity index (χ0v) is 8.19. The van der Waals surface area contributed by atoms with Crippen molar-refractivity contribution in [2.24, 2.45) is 0 Å². The Morgan fingerprint density at radius 3 is 3.00 bits per heavy atom. The summed E-state index contributed by atoms with van der Waals surface area (Å²) < 4.78 is 14.5. The van der Waals surface area contributed by atoms with E-state index in [0.29, 0.717) is 0 Å². The largest absolute Gasteiger partial charge is 0.478 e. The van der Waals surface area contributed by atoms with Crippen LogP contribution < -0.4 is 0 Å². The molecule has 2 rings (SSSR count). The smallest absolute Gasteiger partial charge is 0.338 e. The monoisotopic (exact) mass is 259 g/mol. The third-order valence-corrected chi connectivity index (χ3v) is 1.96. The molecule has 7 heteroatoms. The van der Waals surface area contributed by atoms with E-state index in [1.165, 1.54) is 0 Å². The van der Waals surface area contributed by atoms with Gasteiger partial charge in [-0.2, -0.15) is 0 Å². The van der Waals surface area contributed by atoms with E-state index in [9.17, 15) is 9.18 Å². The summed E-state index contributed by atoms with van der Waals surface area (Å²) in [6.07, 6.45) is 0.969. The molecule has 72 valence electrons. The molecule has 0 amide bonds. The van der Waals surface area contributed by atoms with Gasteiger partial charge in [-0.25, -0.2) is 18.7 Å². The minimum Gasteiger partial charge on any atom is -0.478 e. The van der Waals surface area contributed by atoms with Gasteiger partial charge in [0.25, 0.3) is 0 Å². The molecule has 0 fully saturated rings. The molecule has 0 atom stereocenters. The summed E-state index contributed by atoms with van der Waals surface area (Å²) in [6, 6.07) is 1.12. The van der Waals surface area contributed by atoms with Crippen LogP contribution in [0.2, 0.25) is 0 Å². The van der Waals surface area contributed by atoms with E-state index >= 15 is 0 Å². The molecule has 2 aromatic rings. The van der Waals surface area contributed by atoms with Crippen molar-refractivity contribution in [3.63, 3.8) is 0 Å². The molecule has 0 bridgehead atoms. The fourth-order valence-electron chi connectivity index (χ4n) is 1.04. The summed E-state index contributed by atoms with van der Waals surface area (Å²) in [6.45, 7) is 0. The highest BCUT2D eigenvalue weighted by molar-refractivity contribution is 9.10. The molecule has 0 aliphatic rings. The van der Waals surface area contributed by atoms with Crippen LogP contribution in [0.15, 0.2) is 17.0 Å². The molecule has 1 N–H and O–H groups in total. The van der Waals surface area contributed by atoms with Crippen LogP contribution in [0, 0.1) is 5.82 Å². The first kappa shape index (κ1) is 9.07. The lowest BCUT2D eigenvalue weighted by Crippen LogP contribution is -2.03. The molecule has 0 spiro atoms. The van der Waals surface area contributed by atoms with Crippen LogP contribution in [0.1, 0.15) is 10.4 Å². The van der Waals surface area contributed by atoms with E-state index < -0.39 is 17.3 Å². The van der Waals surface area contributed by atoms with Crippen LogP contribution in [0.5, 0.6) is 0 Å². The number of hydrogen-bond acceptors (Lipinski definition) is 3. The van der Waals surface area contributed by atoms with E-state index in [2.05, 4.69) is 26.0 Å². The molecule has 0 aliphatic heterocycles. The number of halogens is 2. The Balaban J connectivity index is 2.76. The molecule has 0 aliphatic carbocycles. The second kappa shape index (κ2) is 3.02. The highest BCUT2D eigenvalue weighted by atomic mass is 79.9. The first-order valence-electron chi connectivity index (χ1n) is 3.52. The maximum Gasteiger partial charge on any atom is 0.338 e. The predicted octanol–water partition coefficient (Wildman–Crippen LogP) is 1.33. The van der Waals surface area contributed by atoms with Gasteiger partial charge in [-0.3, -0.25) is 0 Å². The van der Waals surface area contributed by atoms with Crippen LogP contribution in [0.4, 0.5) is 4.39 Å². The quantitative estimate of drug-likeness (QED) is 0.839. The predicted molar refractivity (Wildman–Crippen MR) is 47.6 cm³/mol. The minimum atomic E-state index is -1.33. The average Bonchev–Trinajstić information content (AvgIpc) is 2.42. The Hall–Kier alpha value is -1.50. The van der Waals surface area contributed by atoms with Gasteiger partial charge in [0.15, 0.2) is 11.5 Å². The zero-order chi connectivity index (χ0) is 10.3. The van der Waals surface area contributed by atoms with E-state index in [0.717, 1.165) is 16.8 Å². The van der Waals surface area contributed by atoms with Crippen molar-refractivity contribution in [3.05, 3.63) is 28.4 Å². The first-order valence-corrected chi connectivity index (χ1v) is 4.32. The summed E-state index contributed by atoms with van der Waals surface area (Å²) in [5.41, 5.74) is -0.145. The number of carboxylic acid groups (broad SMARTS) is 1. The molecule has 2 heterocycles. The Labute approximate surface area is 85.3 Å². The Kier molecular flexibility index (Phi) is 1.95. The third-order valence-electron chi connectivity index (χ3n) is 1.63. The number of hydrogen-bond donors (Lipinski definition) is 1.